The van der Waals surface area contributed by atoms with E-state index in [1.165, 1.54) is 17.2 Å². The SMILES string of the molecule is CC(C)(C)N=C1Nc2ccccc2NC12CCSCC2.Cl. The van der Waals surface area contributed by atoms with Gasteiger partial charge in [-0.1, -0.05) is 12.1 Å². The number of hydrogen-bond acceptors (Lipinski definition) is 3. The Morgan fingerprint density at radius 1 is 1.10 bits per heavy atom. The zero-order valence-corrected chi connectivity index (χ0v) is 14.5. The van der Waals surface area contributed by atoms with Crippen LogP contribution in [-0.2, 0) is 0 Å². The minimum Gasteiger partial charge on any atom is -0.371 e. The number of rotatable bonds is 0. The molecule has 0 aromatic heterocycles. The highest BCUT2D eigenvalue weighted by Crippen LogP contribution is 2.39. The van der Waals surface area contributed by atoms with E-state index in [1.54, 1.807) is 0 Å². The highest BCUT2D eigenvalue weighted by Gasteiger charge is 2.41. The summed E-state index contributed by atoms with van der Waals surface area (Å²) in [5.74, 6) is 3.50. The quantitative estimate of drug-likeness (QED) is 0.742. The number of anilines is 2. The molecule has 1 saturated heterocycles. The van der Waals surface area contributed by atoms with Crippen molar-refractivity contribution in [2.24, 2.45) is 4.99 Å². The molecule has 3 rings (SSSR count). The summed E-state index contributed by atoms with van der Waals surface area (Å²) < 4.78 is 0. The summed E-state index contributed by atoms with van der Waals surface area (Å²) in [6, 6.07) is 8.42. The van der Waals surface area contributed by atoms with Crippen LogP contribution in [0.1, 0.15) is 33.6 Å². The van der Waals surface area contributed by atoms with Gasteiger partial charge in [-0.3, -0.25) is 4.99 Å². The van der Waals surface area contributed by atoms with Crippen LogP contribution < -0.4 is 10.6 Å². The van der Waals surface area contributed by atoms with Crippen molar-refractivity contribution in [3.8, 4) is 0 Å². The van der Waals surface area contributed by atoms with Crippen LogP contribution in [0.5, 0.6) is 0 Å². The van der Waals surface area contributed by atoms with Crippen LogP contribution in [0.2, 0.25) is 0 Å². The van der Waals surface area contributed by atoms with Crippen LogP contribution in [0.3, 0.4) is 0 Å². The number of thioether (sulfide) groups is 1. The molecule has 1 fully saturated rings. The van der Waals surface area contributed by atoms with Crippen LogP contribution in [0.15, 0.2) is 29.3 Å². The fraction of sp³-hybridized carbons (Fsp3) is 0.562. The molecule has 1 aromatic carbocycles. The fourth-order valence-electron chi connectivity index (χ4n) is 2.82. The van der Waals surface area contributed by atoms with Gasteiger partial charge >= 0.3 is 0 Å². The van der Waals surface area contributed by atoms with Crippen molar-refractivity contribution in [3.63, 3.8) is 0 Å². The smallest absolute Gasteiger partial charge is 0.127 e. The molecule has 2 aliphatic heterocycles. The highest BCUT2D eigenvalue weighted by molar-refractivity contribution is 7.99. The molecule has 0 unspecified atom stereocenters. The first-order valence-corrected chi connectivity index (χ1v) is 8.46. The second kappa shape index (κ2) is 6.09. The van der Waals surface area contributed by atoms with Crippen LogP contribution >= 0.6 is 24.2 Å². The number of halogens is 1. The summed E-state index contributed by atoms with van der Waals surface area (Å²) in [4.78, 5) is 4.98. The van der Waals surface area contributed by atoms with Gasteiger partial charge in [-0.05, 0) is 57.3 Å². The lowest BCUT2D eigenvalue weighted by Gasteiger charge is -2.44. The van der Waals surface area contributed by atoms with E-state index < -0.39 is 0 Å². The number of nitrogens with zero attached hydrogens (tertiary/aromatic N) is 1. The first-order valence-electron chi connectivity index (χ1n) is 7.31. The van der Waals surface area contributed by atoms with E-state index in [2.05, 4.69) is 55.7 Å². The second-order valence-corrected chi connectivity index (χ2v) is 7.85. The Labute approximate surface area is 137 Å². The molecule has 116 valence electrons. The van der Waals surface area contributed by atoms with Crippen molar-refractivity contribution in [1.82, 2.24) is 0 Å². The largest absolute Gasteiger partial charge is 0.371 e. The van der Waals surface area contributed by atoms with E-state index in [1.807, 2.05) is 11.8 Å². The molecule has 1 aromatic rings. The number of para-hydroxylation sites is 2. The molecule has 0 bridgehead atoms. The Morgan fingerprint density at radius 3 is 2.33 bits per heavy atom. The maximum Gasteiger partial charge on any atom is 0.127 e. The number of fused-ring (bicyclic) bond motifs is 1. The van der Waals surface area contributed by atoms with Gasteiger partial charge in [0, 0.05) is 0 Å². The normalized spacial score (nSPS) is 22.0. The monoisotopic (exact) mass is 325 g/mol. The summed E-state index contributed by atoms with van der Waals surface area (Å²) in [6.45, 7) is 6.48. The van der Waals surface area contributed by atoms with Crippen LogP contribution in [-0.4, -0.2) is 28.4 Å². The molecule has 2 heterocycles. The molecule has 0 amide bonds. The number of aliphatic imine (C=N–C) groups is 1. The molecule has 5 heteroatoms. The molecule has 2 N–H and O–H groups in total. The Morgan fingerprint density at radius 2 is 1.71 bits per heavy atom. The van der Waals surface area contributed by atoms with Gasteiger partial charge in [0.15, 0.2) is 0 Å². The molecular formula is C16H24ClN3S. The molecule has 2 aliphatic rings. The minimum atomic E-state index is -0.0616. The molecular weight excluding hydrogens is 302 g/mol. The first kappa shape index (κ1) is 16.5. The predicted octanol–water partition coefficient (Wildman–Crippen LogP) is 4.41. The van der Waals surface area contributed by atoms with Gasteiger partial charge in [-0.25, -0.2) is 0 Å². The Hall–Kier alpha value is -0.870. The van der Waals surface area contributed by atoms with Crippen molar-refractivity contribution in [3.05, 3.63) is 24.3 Å². The molecule has 0 saturated carbocycles. The maximum absolute atomic E-state index is 4.98. The van der Waals surface area contributed by atoms with Crippen LogP contribution in [0.4, 0.5) is 11.4 Å². The average molecular weight is 326 g/mol. The summed E-state index contributed by atoms with van der Waals surface area (Å²) >= 11 is 2.04. The third kappa shape index (κ3) is 3.49. The topological polar surface area (TPSA) is 36.4 Å². The van der Waals surface area contributed by atoms with Crippen molar-refractivity contribution < 1.29 is 0 Å². The van der Waals surface area contributed by atoms with E-state index in [-0.39, 0.29) is 23.5 Å². The third-order valence-electron chi connectivity index (χ3n) is 3.80. The lowest BCUT2D eigenvalue weighted by atomic mass is 9.87. The average Bonchev–Trinajstić information content (AvgIpc) is 2.39. The van der Waals surface area contributed by atoms with E-state index in [4.69, 9.17) is 4.99 Å². The first-order chi connectivity index (χ1) is 9.49. The van der Waals surface area contributed by atoms with Gasteiger partial charge in [0.1, 0.15) is 5.84 Å². The number of amidine groups is 1. The molecule has 3 nitrogen and oxygen atoms in total. The predicted molar refractivity (Wildman–Crippen MR) is 97.4 cm³/mol. The Bertz CT molecular complexity index is 531. The number of nitrogens with one attached hydrogen (secondary N) is 2. The van der Waals surface area contributed by atoms with Crippen molar-refractivity contribution in [2.75, 3.05) is 22.1 Å². The van der Waals surface area contributed by atoms with Crippen molar-refractivity contribution in [2.45, 2.75) is 44.7 Å². The van der Waals surface area contributed by atoms with Gasteiger partial charge in [-0.15, -0.1) is 12.4 Å². The molecule has 0 atom stereocenters. The van der Waals surface area contributed by atoms with Gasteiger partial charge in [0.25, 0.3) is 0 Å². The van der Waals surface area contributed by atoms with Gasteiger partial charge in [-0.2, -0.15) is 11.8 Å². The van der Waals surface area contributed by atoms with E-state index >= 15 is 0 Å². The standard InChI is InChI=1S/C16H23N3S.ClH/c1-15(2,3)19-14-16(8-10-20-11-9-16)18-13-7-5-4-6-12(13)17-14;/h4-7,18H,8-11H2,1-3H3,(H,17,19);1H. The lowest BCUT2D eigenvalue weighted by molar-refractivity contribution is 0.531. The zero-order chi connectivity index (χ0) is 14.2. The van der Waals surface area contributed by atoms with Gasteiger partial charge in [0.05, 0.1) is 22.5 Å². The molecule has 1 spiro atoms. The van der Waals surface area contributed by atoms with Gasteiger partial charge in [0.2, 0.25) is 0 Å². The van der Waals surface area contributed by atoms with Crippen molar-refractivity contribution >= 4 is 41.4 Å². The fourth-order valence-corrected chi connectivity index (χ4v) is 4.01. The van der Waals surface area contributed by atoms with Crippen LogP contribution in [0, 0.1) is 0 Å². The van der Waals surface area contributed by atoms with Gasteiger partial charge < -0.3 is 10.6 Å². The van der Waals surface area contributed by atoms with E-state index in [0.717, 1.165) is 24.4 Å². The molecule has 0 radical (unpaired) electrons. The summed E-state index contributed by atoms with van der Waals surface area (Å²) in [7, 11) is 0. The Kier molecular flexibility index (Phi) is 4.79. The molecule has 0 aliphatic carbocycles. The Balaban J connectivity index is 0.00000161. The number of hydrogen-bond donors (Lipinski definition) is 2. The van der Waals surface area contributed by atoms with Crippen molar-refractivity contribution in [1.29, 1.82) is 0 Å². The number of benzene rings is 1. The summed E-state index contributed by atoms with van der Waals surface area (Å²) in [5, 5.41) is 7.37. The summed E-state index contributed by atoms with van der Waals surface area (Å²) in [5.41, 5.74) is 2.27. The maximum atomic E-state index is 4.98. The summed E-state index contributed by atoms with van der Waals surface area (Å²) in [6.07, 6.45) is 2.27. The van der Waals surface area contributed by atoms with E-state index in [9.17, 15) is 0 Å². The van der Waals surface area contributed by atoms with Crippen LogP contribution in [0.25, 0.3) is 0 Å². The zero-order valence-electron chi connectivity index (χ0n) is 12.9. The second-order valence-electron chi connectivity index (χ2n) is 6.62. The third-order valence-corrected chi connectivity index (χ3v) is 4.79. The highest BCUT2D eigenvalue weighted by atomic mass is 35.5. The minimum absolute atomic E-state index is 0. The lowest BCUT2D eigenvalue weighted by Crippen LogP contribution is -2.55. The van der Waals surface area contributed by atoms with E-state index in [0.29, 0.717) is 0 Å². The molecule has 21 heavy (non-hydrogen) atoms.